The standard InChI is InChI=1S/C22H19ClF4N6O/c23-12-4-5-17-15(6-12)18(8-20(32-17)22(25,26)27)30-13-2-1-3-14(7-13)31-21(34)16-10-29-33(11-24)19(16)9-28/h4-6,8,10,13-14H,1-3,7,11H2,(H,30,32)(H,31,34)/t13-,14+/m0/s1. The molecule has 0 unspecified atom stereocenters. The van der Waals surface area contributed by atoms with Gasteiger partial charge in [0.15, 0.2) is 12.5 Å². The van der Waals surface area contributed by atoms with Gasteiger partial charge in [-0.3, -0.25) is 4.79 Å². The molecule has 4 rings (SSSR count). The fraction of sp³-hybridized carbons (Fsp3) is 0.364. The molecule has 1 fully saturated rings. The zero-order valence-electron chi connectivity index (χ0n) is 17.7. The molecular weight excluding hydrogens is 476 g/mol. The van der Waals surface area contributed by atoms with Crippen LogP contribution in [0.3, 0.4) is 0 Å². The quantitative estimate of drug-likeness (QED) is 0.484. The molecule has 12 heteroatoms. The van der Waals surface area contributed by atoms with Crippen molar-refractivity contribution in [3.05, 3.63) is 52.4 Å². The third-order valence-electron chi connectivity index (χ3n) is 5.73. The van der Waals surface area contributed by atoms with Crippen molar-refractivity contribution in [3.63, 3.8) is 0 Å². The Labute approximate surface area is 196 Å². The molecule has 0 radical (unpaired) electrons. The van der Waals surface area contributed by atoms with E-state index in [-0.39, 0.29) is 34.5 Å². The highest BCUT2D eigenvalue weighted by atomic mass is 35.5. The Balaban J connectivity index is 1.53. The predicted octanol–water partition coefficient (Wildman–Crippen LogP) is 5.06. The van der Waals surface area contributed by atoms with E-state index in [0.717, 1.165) is 16.9 Å². The summed E-state index contributed by atoms with van der Waals surface area (Å²) in [6.45, 7) is -1.03. The first-order chi connectivity index (χ1) is 16.2. The number of anilines is 1. The van der Waals surface area contributed by atoms with E-state index in [4.69, 9.17) is 11.6 Å². The van der Waals surface area contributed by atoms with E-state index in [2.05, 4.69) is 20.7 Å². The number of benzene rings is 1. The number of rotatable bonds is 5. The summed E-state index contributed by atoms with van der Waals surface area (Å²) in [6.07, 6.45) is -0.988. The van der Waals surface area contributed by atoms with Gasteiger partial charge in [-0.25, -0.2) is 14.1 Å². The summed E-state index contributed by atoms with van der Waals surface area (Å²) in [6, 6.07) is 6.69. The van der Waals surface area contributed by atoms with Crippen molar-refractivity contribution in [1.29, 1.82) is 5.26 Å². The maximum absolute atomic E-state index is 13.4. The molecule has 3 aromatic rings. The number of pyridine rings is 1. The van der Waals surface area contributed by atoms with Gasteiger partial charge >= 0.3 is 6.18 Å². The molecular formula is C22H19ClF4N6O. The van der Waals surface area contributed by atoms with Crippen LogP contribution >= 0.6 is 11.6 Å². The van der Waals surface area contributed by atoms with Gasteiger partial charge < -0.3 is 10.6 Å². The first kappa shape index (κ1) is 23.8. The number of nitrogens with one attached hydrogen (secondary N) is 2. The molecule has 34 heavy (non-hydrogen) atoms. The predicted molar refractivity (Wildman–Crippen MR) is 117 cm³/mol. The van der Waals surface area contributed by atoms with Crippen LogP contribution < -0.4 is 10.6 Å². The highest BCUT2D eigenvalue weighted by molar-refractivity contribution is 6.31. The van der Waals surface area contributed by atoms with Crippen LogP contribution in [0.5, 0.6) is 0 Å². The van der Waals surface area contributed by atoms with Crippen LogP contribution in [0.4, 0.5) is 23.2 Å². The van der Waals surface area contributed by atoms with Crippen molar-refractivity contribution < 1.29 is 22.4 Å². The van der Waals surface area contributed by atoms with Crippen molar-refractivity contribution in [2.75, 3.05) is 5.32 Å². The van der Waals surface area contributed by atoms with Crippen molar-refractivity contribution in [1.82, 2.24) is 20.1 Å². The molecule has 0 bridgehead atoms. The molecule has 0 saturated heterocycles. The number of halogens is 5. The number of hydrogen-bond acceptors (Lipinski definition) is 5. The second kappa shape index (κ2) is 9.46. The SMILES string of the molecule is N#Cc1c(C(=O)N[C@@H]2CCC[C@H](Nc3cc(C(F)(F)F)nc4ccc(Cl)cc34)C2)cnn1CF. The molecule has 2 aromatic heterocycles. The fourth-order valence-electron chi connectivity index (χ4n) is 4.16. The van der Waals surface area contributed by atoms with Gasteiger partial charge in [0.2, 0.25) is 0 Å². The third kappa shape index (κ3) is 4.92. The minimum atomic E-state index is -4.62. The number of amides is 1. The Morgan fingerprint density at radius 3 is 2.74 bits per heavy atom. The Hall–Kier alpha value is -3.39. The zero-order valence-corrected chi connectivity index (χ0v) is 18.4. The van der Waals surface area contributed by atoms with Gasteiger partial charge in [0.25, 0.3) is 5.91 Å². The maximum atomic E-state index is 13.4. The van der Waals surface area contributed by atoms with Crippen molar-refractivity contribution in [3.8, 4) is 6.07 Å². The van der Waals surface area contributed by atoms with E-state index >= 15 is 0 Å². The second-order valence-electron chi connectivity index (χ2n) is 8.03. The summed E-state index contributed by atoms with van der Waals surface area (Å²) in [5, 5.41) is 19.7. The molecule has 7 nitrogen and oxygen atoms in total. The first-order valence-electron chi connectivity index (χ1n) is 10.5. The van der Waals surface area contributed by atoms with E-state index in [1.807, 2.05) is 0 Å². The molecule has 2 atom stereocenters. The molecule has 178 valence electrons. The van der Waals surface area contributed by atoms with E-state index in [1.54, 1.807) is 12.1 Å². The Bertz CT molecular complexity index is 1270. The molecule has 0 aliphatic heterocycles. The van der Waals surface area contributed by atoms with Crippen molar-refractivity contribution in [2.45, 2.75) is 50.7 Å². The van der Waals surface area contributed by atoms with Crippen LogP contribution in [-0.2, 0) is 13.0 Å². The Morgan fingerprint density at radius 2 is 2.03 bits per heavy atom. The highest BCUT2D eigenvalue weighted by Gasteiger charge is 2.34. The lowest BCUT2D eigenvalue weighted by atomic mass is 9.90. The van der Waals surface area contributed by atoms with Gasteiger partial charge in [-0.1, -0.05) is 11.6 Å². The van der Waals surface area contributed by atoms with Gasteiger partial charge in [-0.2, -0.15) is 23.5 Å². The summed E-state index contributed by atoms with van der Waals surface area (Å²) >= 11 is 6.06. The number of aromatic nitrogens is 3. The van der Waals surface area contributed by atoms with Crippen LogP contribution in [0.1, 0.15) is 47.4 Å². The number of alkyl halides is 4. The van der Waals surface area contributed by atoms with Crippen molar-refractivity contribution >= 4 is 34.1 Å². The largest absolute Gasteiger partial charge is 0.433 e. The topological polar surface area (TPSA) is 95.6 Å². The molecule has 1 saturated carbocycles. The lowest BCUT2D eigenvalue weighted by Gasteiger charge is -2.31. The molecule has 1 aromatic carbocycles. The van der Waals surface area contributed by atoms with Gasteiger partial charge in [-0.15, -0.1) is 0 Å². The van der Waals surface area contributed by atoms with Crippen LogP contribution in [0.15, 0.2) is 30.5 Å². The summed E-state index contributed by atoms with van der Waals surface area (Å²) in [7, 11) is 0. The second-order valence-corrected chi connectivity index (χ2v) is 8.47. The fourth-order valence-corrected chi connectivity index (χ4v) is 4.33. The Morgan fingerprint density at radius 1 is 1.26 bits per heavy atom. The van der Waals surface area contributed by atoms with Gasteiger partial charge in [-0.05, 0) is 49.9 Å². The first-order valence-corrected chi connectivity index (χ1v) is 10.8. The minimum absolute atomic E-state index is 0.0279. The molecule has 1 aliphatic carbocycles. The summed E-state index contributed by atoms with van der Waals surface area (Å²) in [5.41, 5.74) is -0.798. The summed E-state index contributed by atoms with van der Waals surface area (Å²) in [5.74, 6) is -0.553. The summed E-state index contributed by atoms with van der Waals surface area (Å²) < 4.78 is 53.9. The van der Waals surface area contributed by atoms with Crippen LogP contribution in [0.25, 0.3) is 10.9 Å². The van der Waals surface area contributed by atoms with E-state index in [9.17, 15) is 27.6 Å². The van der Waals surface area contributed by atoms with Gasteiger partial charge in [0.05, 0.1) is 17.3 Å². The molecule has 2 heterocycles. The van der Waals surface area contributed by atoms with Crippen LogP contribution in [-0.4, -0.2) is 32.8 Å². The van der Waals surface area contributed by atoms with E-state index < -0.39 is 24.6 Å². The summed E-state index contributed by atoms with van der Waals surface area (Å²) in [4.78, 5) is 16.4. The maximum Gasteiger partial charge on any atom is 0.433 e. The molecule has 1 aliphatic rings. The Kier molecular flexibility index (Phi) is 6.61. The lowest BCUT2D eigenvalue weighted by Crippen LogP contribution is -2.42. The molecule has 0 spiro atoms. The van der Waals surface area contributed by atoms with E-state index in [0.29, 0.717) is 36.1 Å². The lowest BCUT2D eigenvalue weighted by molar-refractivity contribution is -0.140. The third-order valence-corrected chi connectivity index (χ3v) is 5.97. The minimum Gasteiger partial charge on any atom is -0.382 e. The monoisotopic (exact) mass is 494 g/mol. The average molecular weight is 495 g/mol. The smallest absolute Gasteiger partial charge is 0.382 e. The number of fused-ring (bicyclic) bond motifs is 1. The normalized spacial score (nSPS) is 18.5. The van der Waals surface area contributed by atoms with Crippen molar-refractivity contribution in [2.24, 2.45) is 0 Å². The van der Waals surface area contributed by atoms with Gasteiger partial charge in [0.1, 0.15) is 11.8 Å². The number of carbonyl (C=O) groups is 1. The van der Waals surface area contributed by atoms with Crippen LogP contribution in [0.2, 0.25) is 5.02 Å². The number of nitrogens with zero attached hydrogens (tertiary/aromatic N) is 4. The molecule has 1 amide bonds. The average Bonchev–Trinajstić information content (AvgIpc) is 3.22. The number of hydrogen-bond donors (Lipinski definition) is 2. The number of carbonyl (C=O) groups excluding carboxylic acids is 1. The van der Waals surface area contributed by atoms with Gasteiger partial charge in [0, 0.05) is 28.2 Å². The zero-order chi connectivity index (χ0) is 24.5. The highest BCUT2D eigenvalue weighted by Crippen LogP contribution is 2.35. The van der Waals surface area contributed by atoms with Crippen LogP contribution in [0, 0.1) is 11.3 Å². The number of nitriles is 1. The molecule has 2 N–H and O–H groups in total. The van der Waals surface area contributed by atoms with E-state index in [1.165, 1.54) is 12.1 Å².